The van der Waals surface area contributed by atoms with Gasteiger partial charge in [0.05, 0.1) is 30.6 Å². The molecule has 0 bridgehead atoms. The van der Waals surface area contributed by atoms with Crippen LogP contribution in [0.3, 0.4) is 0 Å². The quantitative estimate of drug-likeness (QED) is 0.702. The van der Waals surface area contributed by atoms with Crippen molar-refractivity contribution in [2.75, 3.05) is 11.9 Å². The number of furan rings is 1. The second kappa shape index (κ2) is 8.29. The molecule has 0 atom stereocenters. The zero-order valence-electron chi connectivity index (χ0n) is 13.5. The summed E-state index contributed by atoms with van der Waals surface area (Å²) in [4.78, 5) is 15.6. The fraction of sp³-hybridized carbons (Fsp3) is 0.158. The zero-order valence-corrected chi connectivity index (χ0v) is 14.3. The maximum atomic E-state index is 12.5. The summed E-state index contributed by atoms with van der Waals surface area (Å²) in [6.07, 6.45) is 1.63. The molecular formula is C19H17N3O2S. The number of carbonyl (C=O) groups excluding carboxylic acids is 1. The Balaban J connectivity index is 1.68. The molecule has 1 N–H and O–H groups in total. The summed E-state index contributed by atoms with van der Waals surface area (Å²) in [6, 6.07) is 16.8. The van der Waals surface area contributed by atoms with Crippen molar-refractivity contribution in [3.63, 3.8) is 0 Å². The van der Waals surface area contributed by atoms with Crippen molar-refractivity contribution in [3.05, 3.63) is 76.4 Å². The Morgan fingerprint density at radius 3 is 2.76 bits per heavy atom. The highest BCUT2D eigenvalue weighted by Gasteiger charge is 2.15. The van der Waals surface area contributed by atoms with Crippen LogP contribution in [0.2, 0.25) is 0 Å². The van der Waals surface area contributed by atoms with Gasteiger partial charge in [-0.15, -0.1) is 11.3 Å². The lowest BCUT2D eigenvalue weighted by Crippen LogP contribution is -2.32. The number of nitrogens with one attached hydrogen (secondary N) is 1. The number of para-hydroxylation sites is 1. The van der Waals surface area contributed by atoms with Crippen molar-refractivity contribution in [1.29, 1.82) is 5.26 Å². The highest BCUT2D eigenvalue weighted by molar-refractivity contribution is 7.09. The molecule has 3 aromatic rings. The average Bonchev–Trinajstić information content (AvgIpc) is 3.29. The summed E-state index contributed by atoms with van der Waals surface area (Å²) in [5, 5.41) is 14.0. The molecule has 0 fully saturated rings. The molecule has 0 aliphatic carbocycles. The maximum absolute atomic E-state index is 12.5. The van der Waals surface area contributed by atoms with Crippen LogP contribution in [0.1, 0.15) is 16.2 Å². The van der Waals surface area contributed by atoms with Gasteiger partial charge in [-0.25, -0.2) is 0 Å². The summed E-state index contributed by atoms with van der Waals surface area (Å²) in [7, 11) is 0. The normalized spacial score (nSPS) is 10.6. The zero-order chi connectivity index (χ0) is 17.5. The van der Waals surface area contributed by atoms with Crippen LogP contribution < -0.4 is 5.32 Å². The van der Waals surface area contributed by atoms with Crippen LogP contribution in [-0.4, -0.2) is 17.4 Å². The first kappa shape index (κ1) is 17.0. The fourth-order valence-corrected chi connectivity index (χ4v) is 3.24. The highest BCUT2D eigenvalue weighted by Crippen LogP contribution is 2.16. The highest BCUT2D eigenvalue weighted by atomic mass is 32.1. The summed E-state index contributed by atoms with van der Waals surface area (Å²) >= 11 is 1.65. The minimum Gasteiger partial charge on any atom is -0.468 e. The van der Waals surface area contributed by atoms with Gasteiger partial charge in [0.1, 0.15) is 11.8 Å². The van der Waals surface area contributed by atoms with Gasteiger partial charge >= 0.3 is 0 Å². The molecule has 5 nitrogen and oxygen atoms in total. The lowest BCUT2D eigenvalue weighted by Gasteiger charge is -2.20. The number of rotatable bonds is 7. The van der Waals surface area contributed by atoms with E-state index < -0.39 is 0 Å². The van der Waals surface area contributed by atoms with Crippen molar-refractivity contribution in [2.45, 2.75) is 13.1 Å². The van der Waals surface area contributed by atoms with Crippen molar-refractivity contribution in [3.8, 4) is 6.07 Å². The maximum Gasteiger partial charge on any atom is 0.238 e. The minimum absolute atomic E-state index is 0.161. The fourth-order valence-electron chi connectivity index (χ4n) is 2.50. The van der Waals surface area contributed by atoms with Crippen LogP contribution in [0.15, 0.2) is 64.6 Å². The van der Waals surface area contributed by atoms with E-state index in [0.29, 0.717) is 24.3 Å². The van der Waals surface area contributed by atoms with Crippen molar-refractivity contribution in [2.24, 2.45) is 0 Å². The SMILES string of the molecule is N#Cc1ccccc1NC(=O)CN(Cc1ccco1)Cc1cccs1. The molecule has 2 heterocycles. The lowest BCUT2D eigenvalue weighted by atomic mass is 10.2. The Kier molecular flexibility index (Phi) is 5.62. The number of hydrogen-bond acceptors (Lipinski definition) is 5. The van der Waals surface area contributed by atoms with Crippen LogP contribution in [0.25, 0.3) is 0 Å². The van der Waals surface area contributed by atoms with Gasteiger partial charge in [-0.1, -0.05) is 18.2 Å². The summed E-state index contributed by atoms with van der Waals surface area (Å²) < 4.78 is 5.41. The molecule has 0 spiro atoms. The van der Waals surface area contributed by atoms with Crippen molar-refractivity contribution >= 4 is 22.9 Å². The Morgan fingerprint density at radius 2 is 2.04 bits per heavy atom. The number of anilines is 1. The van der Waals surface area contributed by atoms with E-state index in [-0.39, 0.29) is 12.5 Å². The molecule has 0 radical (unpaired) electrons. The monoisotopic (exact) mass is 351 g/mol. The molecule has 25 heavy (non-hydrogen) atoms. The molecule has 0 aliphatic rings. The predicted octanol–water partition coefficient (Wildman–Crippen LogP) is 3.85. The van der Waals surface area contributed by atoms with E-state index in [0.717, 1.165) is 5.76 Å². The Labute approximate surface area is 150 Å². The molecule has 126 valence electrons. The second-order valence-electron chi connectivity index (χ2n) is 5.51. The predicted molar refractivity (Wildman–Crippen MR) is 96.9 cm³/mol. The standard InChI is InChI=1S/C19H17N3O2S/c20-11-15-5-1-2-8-18(15)21-19(23)14-22(12-16-6-3-9-24-16)13-17-7-4-10-25-17/h1-10H,12-14H2,(H,21,23). The van der Waals surface area contributed by atoms with Crippen molar-refractivity contribution in [1.82, 2.24) is 4.90 Å². The van der Waals surface area contributed by atoms with Crippen LogP contribution in [0, 0.1) is 11.3 Å². The minimum atomic E-state index is -0.161. The van der Waals surface area contributed by atoms with Crippen LogP contribution in [-0.2, 0) is 17.9 Å². The first-order chi connectivity index (χ1) is 12.2. The van der Waals surface area contributed by atoms with Gasteiger partial charge < -0.3 is 9.73 Å². The number of carbonyl (C=O) groups is 1. The molecule has 0 saturated carbocycles. The lowest BCUT2D eigenvalue weighted by molar-refractivity contribution is -0.117. The smallest absolute Gasteiger partial charge is 0.238 e. The second-order valence-corrected chi connectivity index (χ2v) is 6.54. The largest absolute Gasteiger partial charge is 0.468 e. The third-order valence-electron chi connectivity index (χ3n) is 3.61. The van der Waals surface area contributed by atoms with Gasteiger partial charge in [0.2, 0.25) is 5.91 Å². The average molecular weight is 351 g/mol. The Bertz CT molecular complexity index is 815. The molecule has 0 aliphatic heterocycles. The number of benzene rings is 1. The third-order valence-corrected chi connectivity index (χ3v) is 4.47. The number of nitriles is 1. The number of thiophene rings is 1. The number of nitrogens with zero attached hydrogens (tertiary/aromatic N) is 2. The van der Waals surface area contributed by atoms with Crippen LogP contribution >= 0.6 is 11.3 Å². The molecule has 3 rings (SSSR count). The van der Waals surface area contributed by atoms with E-state index in [4.69, 9.17) is 9.68 Å². The van der Waals surface area contributed by atoms with Gasteiger partial charge in [-0.2, -0.15) is 5.26 Å². The van der Waals surface area contributed by atoms with Crippen LogP contribution in [0.5, 0.6) is 0 Å². The van der Waals surface area contributed by atoms with E-state index in [1.807, 2.05) is 34.5 Å². The molecule has 1 amide bonds. The molecule has 0 saturated heterocycles. The van der Waals surface area contributed by atoms with E-state index in [1.165, 1.54) is 4.88 Å². The topological polar surface area (TPSA) is 69.3 Å². The van der Waals surface area contributed by atoms with Gasteiger partial charge in [-0.3, -0.25) is 9.69 Å². The van der Waals surface area contributed by atoms with Gasteiger partial charge in [0.15, 0.2) is 0 Å². The first-order valence-corrected chi connectivity index (χ1v) is 8.68. The van der Waals surface area contributed by atoms with E-state index in [9.17, 15) is 4.79 Å². The van der Waals surface area contributed by atoms with E-state index >= 15 is 0 Å². The summed E-state index contributed by atoms with van der Waals surface area (Å²) in [5.74, 6) is 0.646. The Hall–Kier alpha value is -2.88. The third kappa shape index (κ3) is 4.80. The Morgan fingerprint density at radius 1 is 1.16 bits per heavy atom. The first-order valence-electron chi connectivity index (χ1n) is 7.80. The van der Waals surface area contributed by atoms with Gasteiger partial charge in [-0.05, 0) is 35.7 Å². The van der Waals surface area contributed by atoms with E-state index in [2.05, 4.69) is 11.4 Å². The van der Waals surface area contributed by atoms with Gasteiger partial charge in [0, 0.05) is 11.4 Å². The van der Waals surface area contributed by atoms with Crippen LogP contribution in [0.4, 0.5) is 5.69 Å². The van der Waals surface area contributed by atoms with Gasteiger partial charge in [0.25, 0.3) is 0 Å². The number of hydrogen-bond donors (Lipinski definition) is 1. The molecular weight excluding hydrogens is 334 g/mol. The van der Waals surface area contributed by atoms with Crippen molar-refractivity contribution < 1.29 is 9.21 Å². The van der Waals surface area contributed by atoms with E-state index in [1.54, 1.807) is 41.9 Å². The summed E-state index contributed by atoms with van der Waals surface area (Å²) in [6.45, 7) is 1.41. The molecule has 0 unspecified atom stereocenters. The molecule has 1 aromatic carbocycles. The number of amides is 1. The summed E-state index contributed by atoms with van der Waals surface area (Å²) in [5.41, 5.74) is 0.982. The molecule has 6 heteroatoms. The molecule has 2 aromatic heterocycles.